The largest absolute Gasteiger partial charge is 0.455 e. The van der Waals surface area contributed by atoms with Gasteiger partial charge in [-0.3, -0.25) is 4.79 Å². The van der Waals surface area contributed by atoms with E-state index in [1.165, 1.54) is 6.07 Å². The fourth-order valence-corrected chi connectivity index (χ4v) is 2.43. The van der Waals surface area contributed by atoms with Crippen molar-refractivity contribution in [2.45, 2.75) is 0 Å². The number of ether oxygens (including phenoxy) is 1. The molecule has 5 nitrogen and oxygen atoms in total. The molecule has 0 atom stereocenters. The van der Waals surface area contributed by atoms with E-state index in [0.29, 0.717) is 28.6 Å². The number of nitrogens with zero attached hydrogens (tertiary/aromatic N) is 1. The van der Waals surface area contributed by atoms with Crippen LogP contribution in [0.3, 0.4) is 0 Å². The number of anilines is 2. The van der Waals surface area contributed by atoms with E-state index in [4.69, 9.17) is 16.3 Å². The summed E-state index contributed by atoms with van der Waals surface area (Å²) in [5.74, 6) is 1.46. The number of carbonyl (C=O) groups is 1. The van der Waals surface area contributed by atoms with Crippen molar-refractivity contribution in [3.63, 3.8) is 0 Å². The molecule has 3 aromatic rings. The first kappa shape index (κ1) is 16.8. The SMILES string of the molecule is CNc1cc(C(=O)Nc2ccccc2Oc2ccccc2)cc(Cl)n1. The quantitative estimate of drug-likeness (QED) is 0.645. The lowest BCUT2D eigenvalue weighted by atomic mass is 10.2. The average Bonchev–Trinajstić information content (AvgIpc) is 2.63. The lowest BCUT2D eigenvalue weighted by molar-refractivity contribution is 0.102. The Labute approximate surface area is 150 Å². The van der Waals surface area contributed by atoms with Gasteiger partial charge in [0.2, 0.25) is 0 Å². The fraction of sp³-hybridized carbons (Fsp3) is 0.0526. The van der Waals surface area contributed by atoms with Gasteiger partial charge in [0.25, 0.3) is 5.91 Å². The molecule has 0 aliphatic carbocycles. The van der Waals surface area contributed by atoms with Crippen molar-refractivity contribution >= 4 is 29.0 Å². The van der Waals surface area contributed by atoms with Crippen LogP contribution in [0, 0.1) is 0 Å². The summed E-state index contributed by atoms with van der Waals surface area (Å²) in [7, 11) is 1.71. The van der Waals surface area contributed by atoms with Crippen LogP contribution >= 0.6 is 11.6 Å². The molecule has 0 aliphatic rings. The monoisotopic (exact) mass is 353 g/mol. The van der Waals surface area contributed by atoms with Gasteiger partial charge in [-0.05, 0) is 36.4 Å². The molecule has 3 rings (SSSR count). The highest BCUT2D eigenvalue weighted by Gasteiger charge is 2.12. The van der Waals surface area contributed by atoms with Crippen molar-refractivity contribution in [1.29, 1.82) is 0 Å². The molecule has 126 valence electrons. The normalized spacial score (nSPS) is 10.2. The molecule has 0 radical (unpaired) electrons. The molecular weight excluding hydrogens is 338 g/mol. The Morgan fingerprint density at radius 2 is 1.76 bits per heavy atom. The summed E-state index contributed by atoms with van der Waals surface area (Å²) in [6, 6.07) is 19.7. The Bertz CT molecular complexity index is 885. The van der Waals surface area contributed by atoms with Gasteiger partial charge in [-0.25, -0.2) is 4.98 Å². The Hall–Kier alpha value is -3.05. The molecule has 25 heavy (non-hydrogen) atoms. The Morgan fingerprint density at radius 3 is 2.52 bits per heavy atom. The summed E-state index contributed by atoms with van der Waals surface area (Å²) < 4.78 is 5.85. The van der Waals surface area contributed by atoms with E-state index in [2.05, 4.69) is 15.6 Å². The van der Waals surface area contributed by atoms with Gasteiger partial charge in [-0.1, -0.05) is 41.9 Å². The first-order valence-electron chi connectivity index (χ1n) is 7.64. The highest BCUT2D eigenvalue weighted by atomic mass is 35.5. The van der Waals surface area contributed by atoms with Gasteiger partial charge in [-0.2, -0.15) is 0 Å². The molecular formula is C19H16ClN3O2. The molecule has 0 aliphatic heterocycles. The van der Waals surface area contributed by atoms with Crippen molar-refractivity contribution in [2.75, 3.05) is 17.7 Å². The van der Waals surface area contributed by atoms with Crippen LogP contribution in [0.15, 0.2) is 66.7 Å². The molecule has 0 saturated heterocycles. The highest BCUT2D eigenvalue weighted by molar-refractivity contribution is 6.30. The van der Waals surface area contributed by atoms with Crippen molar-refractivity contribution in [1.82, 2.24) is 4.98 Å². The van der Waals surface area contributed by atoms with E-state index < -0.39 is 0 Å². The van der Waals surface area contributed by atoms with E-state index in [-0.39, 0.29) is 11.1 Å². The Morgan fingerprint density at radius 1 is 1.04 bits per heavy atom. The van der Waals surface area contributed by atoms with Crippen molar-refractivity contribution in [3.8, 4) is 11.5 Å². The van der Waals surface area contributed by atoms with Gasteiger partial charge in [0.05, 0.1) is 5.69 Å². The van der Waals surface area contributed by atoms with Crippen LogP contribution in [-0.2, 0) is 0 Å². The molecule has 0 saturated carbocycles. The van der Waals surface area contributed by atoms with Crippen molar-refractivity contribution in [2.24, 2.45) is 0 Å². The van der Waals surface area contributed by atoms with Gasteiger partial charge < -0.3 is 15.4 Å². The summed E-state index contributed by atoms with van der Waals surface area (Å²) in [6.45, 7) is 0. The number of nitrogens with one attached hydrogen (secondary N) is 2. The average molecular weight is 354 g/mol. The maximum absolute atomic E-state index is 12.6. The molecule has 6 heteroatoms. The second kappa shape index (κ2) is 7.68. The molecule has 1 heterocycles. The molecule has 0 bridgehead atoms. The molecule has 1 aromatic heterocycles. The van der Waals surface area contributed by atoms with Gasteiger partial charge in [0.15, 0.2) is 5.75 Å². The molecule has 0 fully saturated rings. The molecule has 0 unspecified atom stereocenters. The standard InChI is InChI=1S/C19H16ClN3O2/c1-21-18-12-13(11-17(20)23-18)19(24)22-15-9-5-6-10-16(15)25-14-7-3-2-4-8-14/h2-12H,1H3,(H,21,23)(H,22,24). The zero-order valence-electron chi connectivity index (χ0n) is 13.5. The number of pyridine rings is 1. The van der Waals surface area contributed by atoms with Crippen molar-refractivity contribution in [3.05, 3.63) is 77.4 Å². The van der Waals surface area contributed by atoms with E-state index in [1.807, 2.05) is 42.5 Å². The third-order valence-electron chi connectivity index (χ3n) is 3.42. The third-order valence-corrected chi connectivity index (χ3v) is 3.61. The highest BCUT2D eigenvalue weighted by Crippen LogP contribution is 2.29. The topological polar surface area (TPSA) is 63.2 Å². The smallest absolute Gasteiger partial charge is 0.256 e. The number of hydrogen-bond donors (Lipinski definition) is 2. The molecule has 2 aromatic carbocycles. The summed E-state index contributed by atoms with van der Waals surface area (Å²) in [5, 5.41) is 5.96. The number of para-hydroxylation sites is 3. The maximum Gasteiger partial charge on any atom is 0.256 e. The van der Waals surface area contributed by atoms with Gasteiger partial charge in [-0.15, -0.1) is 0 Å². The first-order chi connectivity index (χ1) is 12.2. The number of hydrogen-bond acceptors (Lipinski definition) is 4. The first-order valence-corrected chi connectivity index (χ1v) is 8.02. The predicted molar refractivity (Wildman–Crippen MR) is 99.7 cm³/mol. The zero-order chi connectivity index (χ0) is 17.6. The minimum Gasteiger partial charge on any atom is -0.455 e. The fourth-order valence-electron chi connectivity index (χ4n) is 2.22. The van der Waals surface area contributed by atoms with E-state index in [1.54, 1.807) is 25.2 Å². The number of benzene rings is 2. The van der Waals surface area contributed by atoms with Gasteiger partial charge >= 0.3 is 0 Å². The van der Waals surface area contributed by atoms with E-state index >= 15 is 0 Å². The second-order valence-electron chi connectivity index (χ2n) is 5.18. The molecule has 1 amide bonds. The summed E-state index contributed by atoms with van der Waals surface area (Å²) in [4.78, 5) is 16.6. The second-order valence-corrected chi connectivity index (χ2v) is 5.57. The Balaban J connectivity index is 1.83. The molecule has 0 spiro atoms. The lowest BCUT2D eigenvalue weighted by Crippen LogP contribution is -2.13. The molecule has 2 N–H and O–H groups in total. The van der Waals surface area contributed by atoms with Gasteiger partial charge in [0, 0.05) is 12.6 Å². The predicted octanol–water partition coefficient (Wildman–Crippen LogP) is 4.82. The van der Waals surface area contributed by atoms with Crippen molar-refractivity contribution < 1.29 is 9.53 Å². The van der Waals surface area contributed by atoms with Crippen LogP contribution in [0.1, 0.15) is 10.4 Å². The van der Waals surface area contributed by atoms with Gasteiger partial charge in [0.1, 0.15) is 16.7 Å². The zero-order valence-corrected chi connectivity index (χ0v) is 14.2. The van der Waals surface area contributed by atoms with E-state index in [0.717, 1.165) is 0 Å². The minimum atomic E-state index is -0.301. The van der Waals surface area contributed by atoms with Crippen LogP contribution in [0.4, 0.5) is 11.5 Å². The summed E-state index contributed by atoms with van der Waals surface area (Å²) in [5.41, 5.74) is 0.967. The maximum atomic E-state index is 12.6. The number of halogens is 1. The number of amides is 1. The van der Waals surface area contributed by atoms with Crippen LogP contribution in [-0.4, -0.2) is 17.9 Å². The lowest BCUT2D eigenvalue weighted by Gasteiger charge is -2.12. The third kappa shape index (κ3) is 4.28. The van der Waals surface area contributed by atoms with E-state index in [9.17, 15) is 4.79 Å². The minimum absolute atomic E-state index is 0.242. The number of carbonyl (C=O) groups excluding carboxylic acids is 1. The van der Waals surface area contributed by atoms with Crippen LogP contribution in [0.2, 0.25) is 5.15 Å². The van der Waals surface area contributed by atoms with Crippen LogP contribution < -0.4 is 15.4 Å². The summed E-state index contributed by atoms with van der Waals surface area (Å²) >= 11 is 5.96. The number of aromatic nitrogens is 1. The van der Waals surface area contributed by atoms with Crippen LogP contribution in [0.5, 0.6) is 11.5 Å². The number of rotatable bonds is 5. The Kier molecular flexibility index (Phi) is 5.16. The van der Waals surface area contributed by atoms with Crippen LogP contribution in [0.25, 0.3) is 0 Å². The summed E-state index contributed by atoms with van der Waals surface area (Å²) in [6.07, 6.45) is 0.